The average Bonchev–Trinajstić information content (AvgIpc) is 2.87. The van der Waals surface area contributed by atoms with Gasteiger partial charge in [-0.15, -0.1) is 0 Å². The first-order valence-electron chi connectivity index (χ1n) is 14.1. The fourth-order valence-corrected chi connectivity index (χ4v) is 3.92. The van der Waals surface area contributed by atoms with Crippen molar-refractivity contribution in [1.29, 1.82) is 0 Å². The smallest absolute Gasteiger partial charge is 0.308 e. The molecular formula is C29H52O8. The van der Waals surface area contributed by atoms with Crippen LogP contribution in [0.15, 0.2) is 0 Å². The summed E-state index contributed by atoms with van der Waals surface area (Å²) in [5, 5.41) is 0. The Balaban J connectivity index is 5.90. The van der Waals surface area contributed by atoms with Gasteiger partial charge < -0.3 is 18.9 Å². The Kier molecular flexibility index (Phi) is 17.9. The highest BCUT2D eigenvalue weighted by molar-refractivity contribution is 5.73. The minimum Gasteiger partial charge on any atom is -0.464 e. The average molecular weight is 529 g/mol. The molecule has 4 unspecified atom stereocenters. The third-order valence-corrected chi connectivity index (χ3v) is 6.58. The van der Waals surface area contributed by atoms with Gasteiger partial charge in [0.2, 0.25) is 0 Å². The van der Waals surface area contributed by atoms with Crippen LogP contribution in [0.2, 0.25) is 0 Å². The topological polar surface area (TPSA) is 105 Å². The van der Waals surface area contributed by atoms with Crippen LogP contribution >= 0.6 is 0 Å². The number of esters is 4. The van der Waals surface area contributed by atoms with E-state index in [1.807, 2.05) is 27.7 Å². The Labute approximate surface area is 224 Å². The molecule has 0 aromatic heterocycles. The van der Waals surface area contributed by atoms with Gasteiger partial charge in [-0.3, -0.25) is 19.2 Å². The lowest BCUT2D eigenvalue weighted by Crippen LogP contribution is -2.45. The van der Waals surface area contributed by atoms with E-state index < -0.39 is 29.3 Å². The maximum atomic E-state index is 12.6. The predicted molar refractivity (Wildman–Crippen MR) is 143 cm³/mol. The molecule has 0 saturated carbocycles. The van der Waals surface area contributed by atoms with E-state index in [1.54, 1.807) is 27.7 Å². The number of carbonyl (C=O) groups excluding carboxylic acids is 4. The van der Waals surface area contributed by atoms with Crippen LogP contribution in [-0.4, -0.2) is 50.3 Å². The molecule has 0 radical (unpaired) electrons. The lowest BCUT2D eigenvalue weighted by molar-refractivity contribution is -0.175. The van der Waals surface area contributed by atoms with Crippen LogP contribution in [0, 0.1) is 29.1 Å². The highest BCUT2D eigenvalue weighted by Gasteiger charge is 2.39. The minimum absolute atomic E-state index is 0.208. The van der Waals surface area contributed by atoms with E-state index >= 15 is 0 Å². The van der Waals surface area contributed by atoms with Crippen molar-refractivity contribution in [3.63, 3.8) is 0 Å². The molecule has 8 nitrogen and oxygen atoms in total. The van der Waals surface area contributed by atoms with E-state index in [2.05, 4.69) is 0 Å². The zero-order chi connectivity index (χ0) is 28.4. The molecule has 0 saturated heterocycles. The van der Waals surface area contributed by atoms with Crippen molar-refractivity contribution < 1.29 is 38.1 Å². The summed E-state index contributed by atoms with van der Waals surface area (Å²) in [7, 11) is 0. The van der Waals surface area contributed by atoms with Crippen LogP contribution in [0.3, 0.4) is 0 Å². The molecule has 0 fully saturated rings. The molecule has 0 aliphatic heterocycles. The van der Waals surface area contributed by atoms with Gasteiger partial charge in [-0.2, -0.15) is 0 Å². The number of rotatable bonds is 20. The SMILES string of the molecule is CCCC(C)C(=O)OCC(COC(=O)C(C)CCC)(COC(=O)C(C)CCC)COC(=O)C(C)CCC. The maximum Gasteiger partial charge on any atom is 0.308 e. The summed E-state index contributed by atoms with van der Waals surface area (Å²) in [6.07, 6.45) is 5.99. The van der Waals surface area contributed by atoms with Gasteiger partial charge in [0.15, 0.2) is 0 Å². The predicted octanol–water partition coefficient (Wildman–Crippen LogP) is 5.89. The van der Waals surface area contributed by atoms with Gasteiger partial charge in [0.1, 0.15) is 31.8 Å². The summed E-state index contributed by atoms with van der Waals surface area (Å²) in [5.74, 6) is -2.82. The zero-order valence-electron chi connectivity index (χ0n) is 24.6. The van der Waals surface area contributed by atoms with Crippen molar-refractivity contribution in [3.05, 3.63) is 0 Å². The summed E-state index contributed by atoms with van der Waals surface area (Å²) in [6.45, 7) is 14.3. The Hall–Kier alpha value is -2.12. The van der Waals surface area contributed by atoms with Crippen molar-refractivity contribution in [2.24, 2.45) is 29.1 Å². The van der Waals surface area contributed by atoms with Crippen molar-refractivity contribution in [2.75, 3.05) is 26.4 Å². The number of ether oxygens (including phenoxy) is 4. The monoisotopic (exact) mass is 528 g/mol. The molecule has 0 aliphatic carbocycles. The molecule has 216 valence electrons. The molecule has 0 rings (SSSR count). The highest BCUT2D eigenvalue weighted by atomic mass is 16.6. The van der Waals surface area contributed by atoms with Gasteiger partial charge in [-0.25, -0.2) is 0 Å². The molecule has 37 heavy (non-hydrogen) atoms. The van der Waals surface area contributed by atoms with Crippen LogP contribution in [0.4, 0.5) is 0 Å². The van der Waals surface area contributed by atoms with Crippen molar-refractivity contribution in [3.8, 4) is 0 Å². The Morgan fingerprint density at radius 1 is 0.459 bits per heavy atom. The Bertz CT molecular complexity index is 572. The molecule has 8 heteroatoms. The Morgan fingerprint density at radius 3 is 0.811 bits per heavy atom. The van der Waals surface area contributed by atoms with E-state index in [0.717, 1.165) is 25.7 Å². The van der Waals surface area contributed by atoms with Crippen molar-refractivity contribution in [1.82, 2.24) is 0 Å². The van der Waals surface area contributed by atoms with Crippen LogP contribution in [0.1, 0.15) is 107 Å². The standard InChI is InChI=1S/C29H52O8/c1-9-13-21(5)25(30)34-17-29(18-35-26(31)22(6)14-10-2,19-36-27(32)23(7)15-11-3)20-37-28(33)24(8)16-12-4/h21-24H,9-20H2,1-8H3. The quantitative estimate of drug-likeness (QED) is 0.142. The number of hydrogen-bond donors (Lipinski definition) is 0. The fraction of sp³-hybridized carbons (Fsp3) is 0.862. The van der Waals surface area contributed by atoms with Crippen LogP contribution in [-0.2, 0) is 38.1 Å². The summed E-state index contributed by atoms with van der Waals surface area (Å²) in [5.41, 5.74) is -1.22. The van der Waals surface area contributed by atoms with Gasteiger partial charge in [-0.1, -0.05) is 81.1 Å². The summed E-state index contributed by atoms with van der Waals surface area (Å²) in [4.78, 5) is 50.5. The summed E-state index contributed by atoms with van der Waals surface area (Å²) < 4.78 is 22.5. The van der Waals surface area contributed by atoms with Gasteiger partial charge in [-0.05, 0) is 25.7 Å². The van der Waals surface area contributed by atoms with Crippen molar-refractivity contribution in [2.45, 2.75) is 107 Å². The first kappa shape index (κ1) is 34.9. The van der Waals surface area contributed by atoms with E-state index in [0.29, 0.717) is 25.7 Å². The van der Waals surface area contributed by atoms with Crippen LogP contribution in [0.25, 0.3) is 0 Å². The van der Waals surface area contributed by atoms with E-state index in [9.17, 15) is 19.2 Å². The molecule has 0 spiro atoms. The second kappa shape index (κ2) is 19.0. The second-order valence-electron chi connectivity index (χ2n) is 10.7. The maximum absolute atomic E-state index is 12.6. The molecule has 0 aliphatic rings. The van der Waals surface area contributed by atoms with Crippen LogP contribution in [0.5, 0.6) is 0 Å². The first-order valence-corrected chi connectivity index (χ1v) is 14.1. The van der Waals surface area contributed by atoms with Gasteiger partial charge in [0, 0.05) is 0 Å². The van der Waals surface area contributed by atoms with Gasteiger partial charge in [0.25, 0.3) is 0 Å². The lowest BCUT2D eigenvalue weighted by atomic mass is 9.91. The van der Waals surface area contributed by atoms with Gasteiger partial charge in [0.05, 0.1) is 23.7 Å². The van der Waals surface area contributed by atoms with Crippen molar-refractivity contribution >= 4 is 23.9 Å². The third-order valence-electron chi connectivity index (χ3n) is 6.58. The molecule has 0 heterocycles. The molecule has 0 aromatic rings. The first-order chi connectivity index (χ1) is 17.5. The van der Waals surface area contributed by atoms with Gasteiger partial charge >= 0.3 is 23.9 Å². The van der Waals surface area contributed by atoms with E-state index in [-0.39, 0.29) is 50.1 Å². The van der Waals surface area contributed by atoms with E-state index in [1.165, 1.54) is 0 Å². The summed E-state index contributed by atoms with van der Waals surface area (Å²) in [6, 6.07) is 0. The lowest BCUT2D eigenvalue weighted by Gasteiger charge is -2.33. The molecular weight excluding hydrogens is 476 g/mol. The third kappa shape index (κ3) is 13.8. The van der Waals surface area contributed by atoms with E-state index in [4.69, 9.17) is 18.9 Å². The molecule has 0 aromatic carbocycles. The zero-order valence-corrected chi connectivity index (χ0v) is 24.6. The largest absolute Gasteiger partial charge is 0.464 e. The number of hydrogen-bond acceptors (Lipinski definition) is 8. The molecule has 0 amide bonds. The normalized spacial score (nSPS) is 16.0. The summed E-state index contributed by atoms with van der Waals surface area (Å²) >= 11 is 0. The Morgan fingerprint density at radius 2 is 0.649 bits per heavy atom. The molecule has 0 N–H and O–H groups in total. The van der Waals surface area contributed by atoms with Crippen LogP contribution < -0.4 is 0 Å². The fourth-order valence-electron chi connectivity index (χ4n) is 3.92. The second-order valence-corrected chi connectivity index (χ2v) is 10.7. The minimum atomic E-state index is -1.22. The molecule has 0 bridgehead atoms. The molecule has 4 atom stereocenters. The highest BCUT2D eigenvalue weighted by Crippen LogP contribution is 2.25. The number of carbonyl (C=O) groups is 4.